The molecule has 6 nitrogen and oxygen atoms in total. The van der Waals surface area contributed by atoms with E-state index in [1.807, 2.05) is 38.4 Å². The fourth-order valence-electron chi connectivity index (χ4n) is 3.69. The Bertz CT molecular complexity index is 610. The molecule has 1 saturated heterocycles. The first-order valence-electron chi connectivity index (χ1n) is 10.2. The number of nitrogens with one attached hydrogen (secondary N) is 1. The summed E-state index contributed by atoms with van der Waals surface area (Å²) in [5.74, 6) is 3.05. The van der Waals surface area contributed by atoms with Gasteiger partial charge in [-0.1, -0.05) is 20.8 Å². The van der Waals surface area contributed by atoms with Gasteiger partial charge < -0.3 is 24.4 Å². The minimum Gasteiger partial charge on any atom is -0.497 e. The van der Waals surface area contributed by atoms with E-state index in [4.69, 9.17) is 14.2 Å². The second-order valence-corrected chi connectivity index (χ2v) is 8.43. The van der Waals surface area contributed by atoms with Gasteiger partial charge in [0.15, 0.2) is 5.96 Å². The summed E-state index contributed by atoms with van der Waals surface area (Å²) in [6, 6.07) is 7.64. The molecule has 6 heteroatoms. The molecular formula is C22H37N3O3. The van der Waals surface area contributed by atoms with Crippen LogP contribution in [-0.2, 0) is 4.74 Å². The van der Waals surface area contributed by atoms with Crippen LogP contribution in [0, 0.1) is 11.3 Å². The first-order chi connectivity index (χ1) is 13.3. The summed E-state index contributed by atoms with van der Waals surface area (Å²) in [5, 5.41) is 3.53. The predicted molar refractivity (Wildman–Crippen MR) is 114 cm³/mol. The lowest BCUT2D eigenvalue weighted by atomic mass is 9.78. The largest absolute Gasteiger partial charge is 0.497 e. The minimum atomic E-state index is 0.147. The van der Waals surface area contributed by atoms with Gasteiger partial charge in [-0.25, -0.2) is 0 Å². The fraction of sp³-hybridized carbons (Fsp3) is 0.682. The Morgan fingerprint density at radius 2 is 1.93 bits per heavy atom. The van der Waals surface area contributed by atoms with Crippen LogP contribution in [0.25, 0.3) is 0 Å². The maximum atomic E-state index is 6.09. The third-order valence-corrected chi connectivity index (χ3v) is 5.15. The number of ether oxygens (including phenoxy) is 3. The summed E-state index contributed by atoms with van der Waals surface area (Å²) in [5.41, 5.74) is 0.147. The van der Waals surface area contributed by atoms with Crippen molar-refractivity contribution in [2.24, 2.45) is 16.3 Å². The molecule has 0 radical (unpaired) electrons. The molecule has 0 bridgehead atoms. The summed E-state index contributed by atoms with van der Waals surface area (Å²) >= 11 is 0. The average Bonchev–Trinajstić information content (AvgIpc) is 2.68. The van der Waals surface area contributed by atoms with Gasteiger partial charge in [0, 0.05) is 33.2 Å². The van der Waals surface area contributed by atoms with E-state index in [1.165, 1.54) is 6.42 Å². The zero-order chi connectivity index (χ0) is 20.6. The molecule has 0 spiro atoms. The summed E-state index contributed by atoms with van der Waals surface area (Å²) in [6.07, 6.45) is 2.59. The topological polar surface area (TPSA) is 55.3 Å². The minimum absolute atomic E-state index is 0.147. The summed E-state index contributed by atoms with van der Waals surface area (Å²) in [7, 11) is 5.51. The van der Waals surface area contributed by atoms with Crippen molar-refractivity contribution in [1.82, 2.24) is 10.2 Å². The number of benzene rings is 1. The van der Waals surface area contributed by atoms with Crippen LogP contribution in [0.5, 0.6) is 11.5 Å². The summed E-state index contributed by atoms with van der Waals surface area (Å²) < 4.78 is 17.1. The number of rotatable bonds is 7. The van der Waals surface area contributed by atoms with Gasteiger partial charge in [-0.3, -0.25) is 4.99 Å². The molecular weight excluding hydrogens is 354 g/mol. The fourth-order valence-corrected chi connectivity index (χ4v) is 3.69. The van der Waals surface area contributed by atoms with Crippen molar-refractivity contribution < 1.29 is 14.2 Å². The molecule has 1 aliphatic heterocycles. The number of hydrogen-bond acceptors (Lipinski definition) is 4. The number of guanidine groups is 1. The molecule has 1 fully saturated rings. The molecule has 0 aliphatic carbocycles. The van der Waals surface area contributed by atoms with Gasteiger partial charge in [-0.2, -0.15) is 0 Å². The molecule has 2 rings (SSSR count). The van der Waals surface area contributed by atoms with Crippen molar-refractivity contribution in [2.45, 2.75) is 39.7 Å². The first kappa shape index (κ1) is 22.3. The SMILES string of the molecule is CN=C(NCC1CCCOC1C(C)(C)C)N(C)CCOc1ccc(OC)cc1. The number of hydrogen-bond donors (Lipinski definition) is 1. The van der Waals surface area contributed by atoms with Crippen molar-refractivity contribution in [3.63, 3.8) is 0 Å². The third kappa shape index (κ3) is 6.59. The molecule has 0 amide bonds. The first-order valence-corrected chi connectivity index (χ1v) is 10.2. The van der Waals surface area contributed by atoms with Crippen LogP contribution in [0.2, 0.25) is 0 Å². The molecule has 0 aromatic heterocycles. The molecule has 1 aliphatic rings. The van der Waals surface area contributed by atoms with Gasteiger partial charge in [0.05, 0.1) is 19.8 Å². The molecule has 158 valence electrons. The number of methoxy groups -OCH3 is 1. The normalized spacial score (nSPS) is 20.6. The van der Waals surface area contributed by atoms with Crippen LogP contribution in [0.3, 0.4) is 0 Å². The maximum absolute atomic E-state index is 6.09. The number of likely N-dealkylation sites (N-methyl/N-ethyl adjacent to an activating group) is 1. The van der Waals surface area contributed by atoms with E-state index in [9.17, 15) is 0 Å². The van der Waals surface area contributed by atoms with E-state index >= 15 is 0 Å². The molecule has 0 saturated carbocycles. The Balaban J connectivity index is 1.79. The number of nitrogens with zero attached hydrogens (tertiary/aromatic N) is 2. The van der Waals surface area contributed by atoms with Gasteiger partial charge >= 0.3 is 0 Å². The van der Waals surface area contributed by atoms with Gasteiger partial charge in [0.2, 0.25) is 0 Å². The van der Waals surface area contributed by atoms with Crippen LogP contribution in [0.1, 0.15) is 33.6 Å². The van der Waals surface area contributed by atoms with Gasteiger partial charge in [-0.05, 0) is 42.5 Å². The Morgan fingerprint density at radius 1 is 1.25 bits per heavy atom. The molecule has 28 heavy (non-hydrogen) atoms. The molecule has 2 atom stereocenters. The second-order valence-electron chi connectivity index (χ2n) is 8.43. The van der Waals surface area contributed by atoms with Crippen LogP contribution in [-0.4, -0.2) is 64.5 Å². The Morgan fingerprint density at radius 3 is 2.54 bits per heavy atom. The maximum Gasteiger partial charge on any atom is 0.193 e. The van der Waals surface area contributed by atoms with E-state index in [2.05, 4.69) is 36.0 Å². The van der Waals surface area contributed by atoms with Crippen LogP contribution >= 0.6 is 0 Å². The standard InChI is InChI=1S/C22H37N3O3/c1-22(2,3)20-17(8-7-14-28-20)16-24-21(23-4)25(5)13-15-27-19-11-9-18(26-6)10-12-19/h9-12,17,20H,7-8,13-16H2,1-6H3,(H,23,24). The van der Waals surface area contributed by atoms with Gasteiger partial charge in [0.1, 0.15) is 18.1 Å². The van der Waals surface area contributed by atoms with E-state index in [0.29, 0.717) is 12.5 Å². The van der Waals surface area contributed by atoms with Crippen LogP contribution in [0.4, 0.5) is 0 Å². The highest BCUT2D eigenvalue weighted by Gasteiger charge is 2.35. The Hall–Kier alpha value is -1.95. The van der Waals surface area contributed by atoms with Crippen LogP contribution in [0.15, 0.2) is 29.3 Å². The quantitative estimate of drug-likeness (QED) is 0.570. The molecule has 1 aromatic rings. The van der Waals surface area contributed by atoms with E-state index < -0.39 is 0 Å². The number of aliphatic imine (C=N–C) groups is 1. The van der Waals surface area contributed by atoms with Crippen molar-refractivity contribution in [1.29, 1.82) is 0 Å². The molecule has 2 unspecified atom stereocenters. The van der Waals surface area contributed by atoms with Crippen molar-refractivity contribution in [3.05, 3.63) is 24.3 Å². The van der Waals surface area contributed by atoms with Crippen molar-refractivity contribution in [2.75, 3.05) is 47.5 Å². The Kier molecular flexibility index (Phi) is 8.42. The monoisotopic (exact) mass is 391 g/mol. The highest BCUT2D eigenvalue weighted by molar-refractivity contribution is 5.79. The summed E-state index contributed by atoms with van der Waals surface area (Å²) in [4.78, 5) is 6.52. The smallest absolute Gasteiger partial charge is 0.193 e. The highest BCUT2D eigenvalue weighted by Crippen LogP contribution is 2.33. The molecule has 1 aromatic carbocycles. The average molecular weight is 392 g/mol. The zero-order valence-corrected chi connectivity index (χ0v) is 18.3. The van der Waals surface area contributed by atoms with Gasteiger partial charge in [-0.15, -0.1) is 0 Å². The summed E-state index contributed by atoms with van der Waals surface area (Å²) in [6.45, 7) is 9.85. The van der Waals surface area contributed by atoms with E-state index in [0.717, 1.165) is 43.6 Å². The van der Waals surface area contributed by atoms with Crippen molar-refractivity contribution >= 4 is 5.96 Å². The Labute approximate surface area is 170 Å². The van der Waals surface area contributed by atoms with Gasteiger partial charge in [0.25, 0.3) is 0 Å². The van der Waals surface area contributed by atoms with Crippen LogP contribution < -0.4 is 14.8 Å². The third-order valence-electron chi connectivity index (χ3n) is 5.15. The van der Waals surface area contributed by atoms with E-state index in [-0.39, 0.29) is 11.5 Å². The lowest BCUT2D eigenvalue weighted by Crippen LogP contribution is -2.48. The highest BCUT2D eigenvalue weighted by atomic mass is 16.5. The second kappa shape index (κ2) is 10.6. The molecule has 1 N–H and O–H groups in total. The lowest BCUT2D eigenvalue weighted by molar-refractivity contribution is -0.0836. The molecule has 1 heterocycles. The van der Waals surface area contributed by atoms with E-state index in [1.54, 1.807) is 7.11 Å². The lowest BCUT2D eigenvalue weighted by Gasteiger charge is -2.40. The van der Waals surface area contributed by atoms with Crippen molar-refractivity contribution in [3.8, 4) is 11.5 Å². The zero-order valence-electron chi connectivity index (χ0n) is 18.3. The predicted octanol–water partition coefficient (Wildman–Crippen LogP) is 3.42.